The van der Waals surface area contributed by atoms with Crippen LogP contribution in [0.15, 0.2) is 35.4 Å². The number of aromatic nitrogens is 1. The van der Waals surface area contributed by atoms with Crippen molar-refractivity contribution in [3.05, 3.63) is 53.1 Å². The zero-order chi connectivity index (χ0) is 16.1. The summed E-state index contributed by atoms with van der Waals surface area (Å²) in [5, 5.41) is 3.91. The van der Waals surface area contributed by atoms with Crippen LogP contribution in [0.5, 0.6) is 5.75 Å². The Bertz CT molecular complexity index is 677. The van der Waals surface area contributed by atoms with E-state index in [0.717, 1.165) is 17.0 Å². The fraction of sp³-hybridized carbons (Fsp3) is 0.250. The Morgan fingerprint density at radius 2 is 2.05 bits per heavy atom. The molecule has 2 rings (SSSR count). The highest BCUT2D eigenvalue weighted by atomic mass is 19.1. The molecule has 0 saturated heterocycles. The lowest BCUT2D eigenvalue weighted by Gasteiger charge is -2.12. The molecule has 2 N–H and O–H groups in total. The van der Waals surface area contributed by atoms with E-state index in [4.69, 9.17) is 4.74 Å². The lowest BCUT2D eigenvalue weighted by Crippen LogP contribution is -2.33. The van der Waals surface area contributed by atoms with Crippen LogP contribution in [0.1, 0.15) is 23.9 Å². The first-order valence-electron chi connectivity index (χ1n) is 6.87. The number of H-pyrrole nitrogens is 1. The van der Waals surface area contributed by atoms with Gasteiger partial charge in [0.15, 0.2) is 6.10 Å². The van der Waals surface area contributed by atoms with Gasteiger partial charge in [-0.25, -0.2) is 9.82 Å². The Morgan fingerprint density at radius 1 is 1.36 bits per heavy atom. The predicted molar refractivity (Wildman–Crippen MR) is 82.5 cm³/mol. The van der Waals surface area contributed by atoms with Gasteiger partial charge >= 0.3 is 0 Å². The Hall–Kier alpha value is -2.63. The van der Waals surface area contributed by atoms with Crippen LogP contribution in [0, 0.1) is 19.7 Å². The molecular weight excluding hydrogens is 285 g/mol. The van der Waals surface area contributed by atoms with Crippen molar-refractivity contribution in [1.82, 2.24) is 10.4 Å². The highest BCUT2D eigenvalue weighted by molar-refractivity contribution is 5.85. The summed E-state index contributed by atoms with van der Waals surface area (Å²) in [5.41, 5.74) is 5.33. The highest BCUT2D eigenvalue weighted by Gasteiger charge is 2.13. The SMILES string of the molecule is Cc1cc(/C=N/NC(=O)[C@@H](C)Oc2ccc(F)cc2)c(C)[nH]1. The second-order valence-corrected chi connectivity index (χ2v) is 4.98. The summed E-state index contributed by atoms with van der Waals surface area (Å²) in [6.07, 6.45) is 0.832. The summed E-state index contributed by atoms with van der Waals surface area (Å²) in [6, 6.07) is 7.41. The predicted octanol–water partition coefficient (Wildman–Crippen LogP) is 2.69. The third-order valence-electron chi connectivity index (χ3n) is 3.06. The first-order chi connectivity index (χ1) is 10.5. The van der Waals surface area contributed by atoms with E-state index in [-0.39, 0.29) is 11.7 Å². The first-order valence-corrected chi connectivity index (χ1v) is 6.87. The van der Waals surface area contributed by atoms with Crippen molar-refractivity contribution in [2.45, 2.75) is 26.9 Å². The van der Waals surface area contributed by atoms with Crippen LogP contribution in [-0.2, 0) is 4.79 Å². The van der Waals surface area contributed by atoms with E-state index < -0.39 is 6.10 Å². The van der Waals surface area contributed by atoms with Crippen LogP contribution in [0.2, 0.25) is 0 Å². The third kappa shape index (κ3) is 4.18. The number of benzene rings is 1. The fourth-order valence-corrected chi connectivity index (χ4v) is 1.91. The number of hydrogen-bond donors (Lipinski definition) is 2. The minimum atomic E-state index is -0.739. The zero-order valence-corrected chi connectivity index (χ0v) is 12.7. The second-order valence-electron chi connectivity index (χ2n) is 4.98. The molecule has 5 nitrogen and oxygen atoms in total. The molecule has 0 bridgehead atoms. The quantitative estimate of drug-likeness (QED) is 0.659. The summed E-state index contributed by atoms with van der Waals surface area (Å²) in [4.78, 5) is 15.0. The van der Waals surface area contributed by atoms with Gasteiger partial charge in [-0.1, -0.05) is 0 Å². The van der Waals surface area contributed by atoms with Gasteiger partial charge in [0.2, 0.25) is 0 Å². The summed E-state index contributed by atoms with van der Waals surface area (Å²) < 4.78 is 18.2. The van der Waals surface area contributed by atoms with Gasteiger partial charge in [0.25, 0.3) is 5.91 Å². The molecule has 0 unspecified atom stereocenters. The molecular formula is C16H18FN3O2. The minimum absolute atomic E-state index is 0.355. The largest absolute Gasteiger partial charge is 0.481 e. The number of carbonyl (C=O) groups excluding carboxylic acids is 1. The number of nitrogens with zero attached hydrogens (tertiary/aromatic N) is 1. The molecule has 0 aliphatic heterocycles. The Labute approximate surface area is 128 Å². The van der Waals surface area contributed by atoms with Gasteiger partial charge in [-0.2, -0.15) is 5.10 Å². The number of aryl methyl sites for hydroxylation is 2. The van der Waals surface area contributed by atoms with E-state index in [0.29, 0.717) is 5.75 Å². The smallest absolute Gasteiger partial charge is 0.280 e. The van der Waals surface area contributed by atoms with Gasteiger partial charge in [0.1, 0.15) is 11.6 Å². The van der Waals surface area contributed by atoms with Crippen molar-refractivity contribution in [3.63, 3.8) is 0 Å². The molecule has 1 aromatic carbocycles. The van der Waals surface area contributed by atoms with Crippen LogP contribution < -0.4 is 10.2 Å². The molecule has 2 aromatic rings. The molecule has 0 saturated carbocycles. The van der Waals surface area contributed by atoms with Gasteiger partial charge in [0.05, 0.1) is 6.21 Å². The van der Waals surface area contributed by atoms with E-state index in [2.05, 4.69) is 15.5 Å². The highest BCUT2D eigenvalue weighted by Crippen LogP contribution is 2.13. The molecule has 22 heavy (non-hydrogen) atoms. The standard InChI is InChI=1S/C16H18FN3O2/c1-10-8-13(11(2)19-10)9-18-20-16(21)12(3)22-15-6-4-14(17)5-7-15/h4-9,12,19H,1-3H3,(H,20,21)/b18-9+/t12-/m1/s1. The van der Waals surface area contributed by atoms with Crippen molar-refractivity contribution in [3.8, 4) is 5.75 Å². The number of rotatable bonds is 5. The Kier molecular flexibility index (Phi) is 4.93. The Balaban J connectivity index is 1.88. The van der Waals surface area contributed by atoms with Crippen LogP contribution >= 0.6 is 0 Å². The first kappa shape index (κ1) is 15.8. The lowest BCUT2D eigenvalue weighted by molar-refractivity contribution is -0.127. The monoisotopic (exact) mass is 303 g/mol. The maximum absolute atomic E-state index is 12.8. The molecule has 1 atom stereocenters. The summed E-state index contributed by atoms with van der Waals surface area (Å²) in [6.45, 7) is 5.47. The maximum Gasteiger partial charge on any atom is 0.280 e. The number of ether oxygens (including phenoxy) is 1. The molecule has 0 fully saturated rings. The number of carbonyl (C=O) groups is 1. The zero-order valence-electron chi connectivity index (χ0n) is 12.7. The number of hydrogen-bond acceptors (Lipinski definition) is 3. The molecule has 0 spiro atoms. The summed E-state index contributed by atoms with van der Waals surface area (Å²) in [7, 11) is 0. The average molecular weight is 303 g/mol. The second kappa shape index (κ2) is 6.89. The van der Waals surface area contributed by atoms with E-state index in [1.165, 1.54) is 24.3 Å². The van der Waals surface area contributed by atoms with Gasteiger partial charge < -0.3 is 9.72 Å². The maximum atomic E-state index is 12.8. The fourth-order valence-electron chi connectivity index (χ4n) is 1.91. The number of hydrazone groups is 1. The van der Waals surface area contributed by atoms with E-state index in [1.807, 2.05) is 19.9 Å². The number of nitrogens with one attached hydrogen (secondary N) is 2. The van der Waals surface area contributed by atoms with E-state index in [9.17, 15) is 9.18 Å². The van der Waals surface area contributed by atoms with Crippen molar-refractivity contribution in [1.29, 1.82) is 0 Å². The summed E-state index contributed by atoms with van der Waals surface area (Å²) >= 11 is 0. The molecule has 0 aliphatic rings. The van der Waals surface area contributed by atoms with Gasteiger partial charge in [-0.05, 0) is 51.1 Å². The van der Waals surface area contributed by atoms with Crippen molar-refractivity contribution < 1.29 is 13.9 Å². The Morgan fingerprint density at radius 3 is 2.64 bits per heavy atom. The van der Waals surface area contributed by atoms with E-state index >= 15 is 0 Å². The molecule has 1 heterocycles. The van der Waals surface area contributed by atoms with Crippen molar-refractivity contribution in [2.24, 2.45) is 5.10 Å². The number of amides is 1. The van der Waals surface area contributed by atoms with Crippen molar-refractivity contribution in [2.75, 3.05) is 0 Å². The molecule has 1 aromatic heterocycles. The van der Waals surface area contributed by atoms with Gasteiger partial charge in [-0.3, -0.25) is 4.79 Å². The number of aromatic amines is 1. The molecule has 1 amide bonds. The van der Waals surface area contributed by atoms with Crippen LogP contribution in [0.25, 0.3) is 0 Å². The van der Waals surface area contributed by atoms with Gasteiger partial charge in [0, 0.05) is 17.0 Å². The van der Waals surface area contributed by atoms with Gasteiger partial charge in [-0.15, -0.1) is 0 Å². The molecule has 0 aliphatic carbocycles. The summed E-state index contributed by atoms with van der Waals surface area (Å²) in [5.74, 6) is -0.318. The molecule has 0 radical (unpaired) electrons. The van der Waals surface area contributed by atoms with Crippen LogP contribution in [0.4, 0.5) is 4.39 Å². The average Bonchev–Trinajstić information content (AvgIpc) is 2.79. The minimum Gasteiger partial charge on any atom is -0.481 e. The molecule has 116 valence electrons. The van der Waals surface area contributed by atoms with Crippen molar-refractivity contribution >= 4 is 12.1 Å². The van der Waals surface area contributed by atoms with E-state index in [1.54, 1.807) is 13.1 Å². The molecule has 6 heteroatoms. The van der Waals surface area contributed by atoms with Crippen LogP contribution in [0.3, 0.4) is 0 Å². The normalized spacial score (nSPS) is 12.4. The number of halogens is 1. The van der Waals surface area contributed by atoms with Crippen LogP contribution in [-0.4, -0.2) is 23.2 Å². The third-order valence-corrected chi connectivity index (χ3v) is 3.06. The topological polar surface area (TPSA) is 66.5 Å². The lowest BCUT2D eigenvalue weighted by atomic mass is 10.3.